The lowest BCUT2D eigenvalue weighted by Gasteiger charge is -2.20. The van der Waals surface area contributed by atoms with Crippen molar-refractivity contribution in [2.45, 2.75) is 33.0 Å². The zero-order valence-corrected chi connectivity index (χ0v) is 12.4. The fourth-order valence-corrected chi connectivity index (χ4v) is 1.82. The molecule has 6 nitrogen and oxygen atoms in total. The van der Waals surface area contributed by atoms with E-state index in [-0.39, 0.29) is 11.8 Å². The summed E-state index contributed by atoms with van der Waals surface area (Å²) in [5.74, 6) is 0. The van der Waals surface area contributed by atoms with Crippen LogP contribution in [0.25, 0.3) is 0 Å². The van der Waals surface area contributed by atoms with Crippen molar-refractivity contribution >= 4 is 11.4 Å². The van der Waals surface area contributed by atoms with Crippen LogP contribution in [0.3, 0.4) is 0 Å². The lowest BCUT2D eigenvalue weighted by atomic mass is 10.1. The van der Waals surface area contributed by atoms with Gasteiger partial charge < -0.3 is 14.7 Å². The first-order valence-corrected chi connectivity index (χ1v) is 6.62. The molecule has 0 amide bonds. The molecule has 1 atom stereocenters. The van der Waals surface area contributed by atoms with Crippen LogP contribution in [-0.4, -0.2) is 36.3 Å². The largest absolute Gasteiger partial charge is 0.389 e. The Kier molecular flexibility index (Phi) is 5.91. The minimum atomic E-state index is -0.725. The minimum absolute atomic E-state index is 0.00422. The van der Waals surface area contributed by atoms with E-state index in [1.54, 1.807) is 31.0 Å². The number of rotatable bonds is 7. The van der Waals surface area contributed by atoms with Gasteiger partial charge in [-0.25, -0.2) is 0 Å². The van der Waals surface area contributed by atoms with Gasteiger partial charge in [0.25, 0.3) is 5.69 Å². The van der Waals surface area contributed by atoms with E-state index in [4.69, 9.17) is 4.74 Å². The van der Waals surface area contributed by atoms with Gasteiger partial charge in [0, 0.05) is 19.7 Å². The van der Waals surface area contributed by atoms with E-state index in [0.717, 1.165) is 0 Å². The van der Waals surface area contributed by atoms with E-state index in [1.165, 1.54) is 6.07 Å². The molecular formula is C14H22N2O4. The molecule has 20 heavy (non-hydrogen) atoms. The van der Waals surface area contributed by atoms with E-state index in [9.17, 15) is 15.2 Å². The normalized spacial score (nSPS) is 12.5. The molecule has 0 fully saturated rings. The summed E-state index contributed by atoms with van der Waals surface area (Å²) < 4.78 is 5.44. The van der Waals surface area contributed by atoms with Crippen LogP contribution in [0.2, 0.25) is 0 Å². The molecule has 1 aromatic rings. The number of benzene rings is 1. The molecule has 0 bridgehead atoms. The molecule has 6 heteroatoms. The molecule has 0 saturated heterocycles. The van der Waals surface area contributed by atoms with Crippen molar-refractivity contribution in [3.05, 3.63) is 33.9 Å². The van der Waals surface area contributed by atoms with Gasteiger partial charge in [-0.05, 0) is 32.4 Å². The summed E-state index contributed by atoms with van der Waals surface area (Å²) in [6.07, 6.45) is -0.590. The van der Waals surface area contributed by atoms with Crippen LogP contribution in [0.4, 0.5) is 11.4 Å². The molecular weight excluding hydrogens is 260 g/mol. The summed E-state index contributed by atoms with van der Waals surface area (Å²) in [6.45, 7) is 6.54. The van der Waals surface area contributed by atoms with Crippen molar-refractivity contribution in [2.75, 3.05) is 25.1 Å². The second-order valence-corrected chi connectivity index (χ2v) is 5.02. The SMILES string of the molecule is CC(C)OCCN(C)c1ccc(C(C)O)cc1[N+](=O)[O-]. The van der Waals surface area contributed by atoms with E-state index in [2.05, 4.69) is 0 Å². The molecule has 1 unspecified atom stereocenters. The molecule has 1 N–H and O–H groups in total. The Balaban J connectivity index is 2.90. The number of likely N-dealkylation sites (N-methyl/N-ethyl adjacent to an activating group) is 1. The van der Waals surface area contributed by atoms with E-state index in [0.29, 0.717) is 24.4 Å². The number of anilines is 1. The van der Waals surface area contributed by atoms with Crippen LogP contribution >= 0.6 is 0 Å². The fraction of sp³-hybridized carbons (Fsp3) is 0.571. The number of hydrogen-bond donors (Lipinski definition) is 1. The highest BCUT2D eigenvalue weighted by atomic mass is 16.6. The molecule has 0 spiro atoms. The molecule has 1 rings (SSSR count). The van der Waals surface area contributed by atoms with Gasteiger partial charge in [0.2, 0.25) is 0 Å². The van der Waals surface area contributed by atoms with E-state index >= 15 is 0 Å². The van der Waals surface area contributed by atoms with Gasteiger partial charge in [0.05, 0.1) is 23.7 Å². The molecule has 1 aromatic carbocycles. The average Bonchev–Trinajstić information content (AvgIpc) is 2.37. The second-order valence-electron chi connectivity index (χ2n) is 5.02. The second kappa shape index (κ2) is 7.21. The molecule has 0 saturated carbocycles. The van der Waals surface area contributed by atoms with Gasteiger partial charge in [-0.15, -0.1) is 0 Å². The van der Waals surface area contributed by atoms with Gasteiger partial charge in [-0.1, -0.05) is 6.07 Å². The van der Waals surface area contributed by atoms with Gasteiger partial charge in [-0.3, -0.25) is 10.1 Å². The van der Waals surface area contributed by atoms with Crippen molar-refractivity contribution in [3.8, 4) is 0 Å². The summed E-state index contributed by atoms with van der Waals surface area (Å²) in [6, 6.07) is 4.78. The standard InChI is InChI=1S/C14H22N2O4/c1-10(2)20-8-7-15(4)13-6-5-12(11(3)17)9-14(13)16(18)19/h5-6,9-11,17H,7-8H2,1-4H3. The highest BCUT2D eigenvalue weighted by Gasteiger charge is 2.19. The maximum absolute atomic E-state index is 11.1. The minimum Gasteiger partial charge on any atom is -0.389 e. The number of hydrogen-bond acceptors (Lipinski definition) is 5. The topological polar surface area (TPSA) is 75.8 Å². The smallest absolute Gasteiger partial charge is 0.292 e. The summed E-state index contributed by atoms with van der Waals surface area (Å²) in [5, 5.41) is 20.7. The average molecular weight is 282 g/mol. The Morgan fingerprint density at radius 3 is 2.55 bits per heavy atom. The van der Waals surface area contributed by atoms with Crippen LogP contribution in [0.5, 0.6) is 0 Å². The van der Waals surface area contributed by atoms with Crippen molar-refractivity contribution in [3.63, 3.8) is 0 Å². The zero-order chi connectivity index (χ0) is 15.3. The number of nitrogens with zero attached hydrogens (tertiary/aromatic N) is 2. The third-order valence-electron chi connectivity index (χ3n) is 2.97. The van der Waals surface area contributed by atoms with E-state index < -0.39 is 11.0 Å². The Morgan fingerprint density at radius 2 is 2.05 bits per heavy atom. The lowest BCUT2D eigenvalue weighted by molar-refractivity contribution is -0.384. The maximum Gasteiger partial charge on any atom is 0.292 e. The lowest BCUT2D eigenvalue weighted by Crippen LogP contribution is -2.24. The predicted molar refractivity (Wildman–Crippen MR) is 78.1 cm³/mol. The van der Waals surface area contributed by atoms with Gasteiger partial charge in [0.15, 0.2) is 0 Å². The first-order chi connectivity index (χ1) is 9.32. The predicted octanol–water partition coefficient (Wildman–Crippen LogP) is 2.51. The van der Waals surface area contributed by atoms with Crippen LogP contribution in [-0.2, 0) is 4.74 Å². The summed E-state index contributed by atoms with van der Waals surface area (Å²) in [4.78, 5) is 12.5. The number of nitro groups is 1. The Morgan fingerprint density at radius 1 is 1.40 bits per heavy atom. The molecule has 0 aliphatic heterocycles. The highest BCUT2D eigenvalue weighted by molar-refractivity contribution is 5.64. The van der Waals surface area contributed by atoms with Crippen molar-refractivity contribution in [1.29, 1.82) is 0 Å². The number of ether oxygens (including phenoxy) is 1. The van der Waals surface area contributed by atoms with Gasteiger partial charge >= 0.3 is 0 Å². The fourth-order valence-electron chi connectivity index (χ4n) is 1.82. The number of nitro benzene ring substituents is 1. The Labute approximate surface area is 119 Å². The number of aliphatic hydroxyl groups excluding tert-OH is 1. The molecule has 0 aliphatic rings. The van der Waals surface area contributed by atoms with Crippen molar-refractivity contribution < 1.29 is 14.8 Å². The summed E-state index contributed by atoms with van der Waals surface area (Å²) in [7, 11) is 1.79. The van der Waals surface area contributed by atoms with Gasteiger partial charge in [-0.2, -0.15) is 0 Å². The first-order valence-electron chi connectivity index (χ1n) is 6.62. The maximum atomic E-state index is 11.1. The van der Waals surface area contributed by atoms with Gasteiger partial charge in [0.1, 0.15) is 5.69 Å². The number of aliphatic hydroxyl groups is 1. The first kappa shape index (κ1) is 16.4. The van der Waals surface area contributed by atoms with Crippen molar-refractivity contribution in [1.82, 2.24) is 0 Å². The summed E-state index contributed by atoms with van der Waals surface area (Å²) in [5.41, 5.74) is 1.05. The van der Waals surface area contributed by atoms with Crippen molar-refractivity contribution in [2.24, 2.45) is 0 Å². The third kappa shape index (κ3) is 4.47. The molecule has 0 heterocycles. The third-order valence-corrected chi connectivity index (χ3v) is 2.97. The highest BCUT2D eigenvalue weighted by Crippen LogP contribution is 2.30. The Bertz CT molecular complexity index is 460. The summed E-state index contributed by atoms with van der Waals surface area (Å²) >= 11 is 0. The zero-order valence-electron chi connectivity index (χ0n) is 12.4. The van der Waals surface area contributed by atoms with Crippen LogP contribution in [0.1, 0.15) is 32.4 Å². The van der Waals surface area contributed by atoms with Crippen LogP contribution in [0.15, 0.2) is 18.2 Å². The molecule has 0 aliphatic carbocycles. The van der Waals surface area contributed by atoms with Crippen LogP contribution in [0, 0.1) is 10.1 Å². The molecule has 0 aromatic heterocycles. The molecule has 0 radical (unpaired) electrons. The van der Waals surface area contributed by atoms with Crippen LogP contribution < -0.4 is 4.90 Å². The Hall–Kier alpha value is -1.66. The quantitative estimate of drug-likeness (QED) is 0.614. The molecule has 112 valence electrons. The monoisotopic (exact) mass is 282 g/mol. The van der Waals surface area contributed by atoms with E-state index in [1.807, 2.05) is 13.8 Å².